The van der Waals surface area contributed by atoms with Crippen molar-refractivity contribution in [1.82, 2.24) is 0 Å². The lowest BCUT2D eigenvalue weighted by Crippen LogP contribution is -2.90. The maximum atomic E-state index is 16.8. The van der Waals surface area contributed by atoms with Crippen molar-refractivity contribution in [2.45, 2.75) is 180 Å². The average Bonchev–Trinajstić information content (AvgIpc) is 3.33. The molecule has 12 fully saturated rings. The van der Waals surface area contributed by atoms with Gasteiger partial charge in [0, 0.05) is 23.7 Å². The number of fused-ring (bicyclic) bond motifs is 3. The molecule has 6 aliphatic heterocycles. The first-order valence-corrected chi connectivity index (χ1v) is 23.5. The number of carbonyl (C=O) groups excluding carboxylic acids is 3. The second kappa shape index (κ2) is 11.1. The van der Waals surface area contributed by atoms with Crippen molar-refractivity contribution in [3.05, 3.63) is 35.6 Å². The summed E-state index contributed by atoms with van der Waals surface area (Å²) in [5, 5.41) is 38.9. The Bertz CT molecular complexity index is 2250. The fourth-order valence-corrected chi connectivity index (χ4v) is 19.1. The minimum atomic E-state index is -1.95. The Hall–Kier alpha value is -2.29. The molecule has 14 aliphatic rings. The molecule has 7 saturated carbocycles. The van der Waals surface area contributed by atoms with Gasteiger partial charge in [-0.15, -0.1) is 0 Å². The molecule has 6 spiro atoms. The molecule has 18 atom stereocenters. The number of ether oxygens (including phenoxy) is 6. The molecular weight excluding hydrogens is 793 g/mol. The van der Waals surface area contributed by atoms with Crippen LogP contribution in [-0.2, 0) is 42.8 Å². The molecule has 6 heterocycles. The monoisotopic (exact) mass is 858 g/mol. The maximum Gasteiger partial charge on any atom is 0.213 e. The second-order valence-corrected chi connectivity index (χ2v) is 25.0. The Kier molecular flexibility index (Phi) is 7.37. The number of allylic oxidation sites excluding steroid dienone is 1. The first-order chi connectivity index (χ1) is 28.7. The van der Waals surface area contributed by atoms with E-state index in [-0.39, 0.29) is 36.1 Å². The van der Waals surface area contributed by atoms with Gasteiger partial charge in [0.15, 0.2) is 28.7 Å². The molecule has 0 amide bonds. The van der Waals surface area contributed by atoms with Gasteiger partial charge in [-0.3, -0.25) is 14.4 Å². The van der Waals surface area contributed by atoms with Crippen molar-refractivity contribution in [1.29, 1.82) is 0 Å². The van der Waals surface area contributed by atoms with Crippen LogP contribution in [0.15, 0.2) is 35.6 Å². The number of hydrogen-bond donors (Lipinski definition) is 3. The van der Waals surface area contributed by atoms with Crippen LogP contribution in [0.3, 0.4) is 0 Å². The van der Waals surface area contributed by atoms with Gasteiger partial charge >= 0.3 is 0 Å². The molecule has 5 saturated heterocycles. The zero-order valence-corrected chi connectivity index (χ0v) is 38.1. The van der Waals surface area contributed by atoms with Crippen LogP contribution in [0, 0.1) is 68.0 Å². The first-order valence-electron chi connectivity index (χ1n) is 23.5. The smallest absolute Gasteiger partial charge is 0.213 e. The van der Waals surface area contributed by atoms with E-state index in [0.29, 0.717) is 56.3 Å². The van der Waals surface area contributed by atoms with Crippen LogP contribution < -0.4 is 0 Å². The minimum absolute atomic E-state index is 0.124. The van der Waals surface area contributed by atoms with E-state index >= 15 is 14.4 Å². The molecule has 8 aliphatic carbocycles. The Morgan fingerprint density at radius 2 is 1.42 bits per heavy atom. The molecule has 338 valence electrons. The molecule has 14 rings (SSSR count). The van der Waals surface area contributed by atoms with Gasteiger partial charge in [-0.2, -0.15) is 0 Å². The summed E-state index contributed by atoms with van der Waals surface area (Å²) in [7, 11) is 0. The zero-order chi connectivity index (χ0) is 44.5. The van der Waals surface area contributed by atoms with E-state index < -0.39 is 127 Å². The SMILES string of the molecule is C=C1C(=O)[C@]23[C@H](O)[C@H]1CC[C@H]2[C@]12C(=O)[C@@]4(CCC5=C(O4)[C@@]46CO[C@]7(OC(C)(C)O[C@@H]8[C@H]9CC[C@@H]4[C@]87C(=O)C9=C)[C@@H](O)[C@@H]6C(C)(C)C5)CC(C)(C)[C@H]1[C@H](O)[C@@]3(OC(C)(C)C)O[C@H]2C. The van der Waals surface area contributed by atoms with E-state index in [0.717, 1.165) is 5.57 Å². The van der Waals surface area contributed by atoms with Crippen molar-refractivity contribution < 1.29 is 58.1 Å². The molecule has 0 aromatic carbocycles. The quantitative estimate of drug-likeness (QED) is 0.278. The maximum absolute atomic E-state index is 16.8. The number of aliphatic hydroxyl groups is 3. The fourth-order valence-electron chi connectivity index (χ4n) is 19.1. The third-order valence-electron chi connectivity index (χ3n) is 19.9. The molecular formula is C50H66O12. The summed E-state index contributed by atoms with van der Waals surface area (Å²) in [5.74, 6) is -8.10. The standard InChI is InChI=1S/C50H66O12/c1-22-26-13-16-29-46-24(3)58-50(61-40(4,5)6,47(29,32(22)51)34(26)53)36(55)31(46)42(9,10)20-44(39(46)56)18-17-25-19-41(7,8)30-35(54)49-48-28(45(30,21-57-49)37(25)60-44)15-14-27(23(2)33(48)52)38(48)59-43(11,12)62-49/h24,26-31,34-36,38,53-55H,1-2,13-21H2,3-12H3/t24-,26-,27-,28-,29-,30+,31+,34+,35-,36-,38+,44+,45-,46-,47-,48-,49-,50-/m0/s1. The number of Topliss-reactive ketones (excluding diaryl/α,β-unsaturated/α-hetero) is 3. The summed E-state index contributed by atoms with van der Waals surface area (Å²) in [5.41, 5.74) is -7.47. The zero-order valence-electron chi connectivity index (χ0n) is 38.1. The highest BCUT2D eigenvalue weighted by Gasteiger charge is 2.93. The van der Waals surface area contributed by atoms with Crippen LogP contribution in [0.1, 0.15) is 121 Å². The van der Waals surface area contributed by atoms with E-state index in [1.807, 2.05) is 41.5 Å². The van der Waals surface area contributed by atoms with Crippen molar-refractivity contribution in [3.63, 3.8) is 0 Å². The summed E-state index contributed by atoms with van der Waals surface area (Å²) >= 11 is 0. The largest absolute Gasteiger partial charge is 0.483 e. The highest BCUT2D eigenvalue weighted by molar-refractivity contribution is 6.07. The van der Waals surface area contributed by atoms with Gasteiger partial charge in [0.1, 0.15) is 28.8 Å². The van der Waals surface area contributed by atoms with Gasteiger partial charge in [-0.1, -0.05) is 40.9 Å². The van der Waals surface area contributed by atoms with Crippen molar-refractivity contribution in [3.8, 4) is 0 Å². The molecule has 3 N–H and O–H groups in total. The highest BCUT2D eigenvalue weighted by Crippen LogP contribution is 2.83. The van der Waals surface area contributed by atoms with Crippen LogP contribution in [-0.4, -0.2) is 98.4 Å². The topological polar surface area (TPSA) is 167 Å². The van der Waals surface area contributed by atoms with Gasteiger partial charge in [-0.25, -0.2) is 0 Å². The van der Waals surface area contributed by atoms with Crippen LogP contribution in [0.5, 0.6) is 0 Å². The third-order valence-corrected chi connectivity index (χ3v) is 19.9. The molecule has 12 nitrogen and oxygen atoms in total. The summed E-state index contributed by atoms with van der Waals surface area (Å²) < 4.78 is 42.4. The predicted molar refractivity (Wildman–Crippen MR) is 220 cm³/mol. The summed E-state index contributed by atoms with van der Waals surface area (Å²) in [4.78, 5) is 47.0. The summed E-state index contributed by atoms with van der Waals surface area (Å²) in [6.45, 7) is 28.3. The molecule has 0 aromatic rings. The number of rotatable bonds is 1. The number of hydrogen-bond acceptors (Lipinski definition) is 12. The van der Waals surface area contributed by atoms with Crippen molar-refractivity contribution >= 4 is 17.3 Å². The molecule has 0 unspecified atom stereocenters. The Balaban J connectivity index is 1.06. The van der Waals surface area contributed by atoms with Crippen LogP contribution in [0.25, 0.3) is 0 Å². The van der Waals surface area contributed by atoms with E-state index in [4.69, 9.17) is 28.4 Å². The second-order valence-electron chi connectivity index (χ2n) is 25.0. The molecule has 12 heteroatoms. The van der Waals surface area contributed by atoms with Crippen molar-refractivity contribution in [2.24, 2.45) is 68.0 Å². The number of ketones is 3. The first kappa shape index (κ1) is 41.2. The van der Waals surface area contributed by atoms with Gasteiger partial charge < -0.3 is 43.7 Å². The molecule has 0 radical (unpaired) electrons. The van der Waals surface area contributed by atoms with Gasteiger partial charge in [0.05, 0.1) is 41.3 Å². The lowest BCUT2D eigenvalue weighted by Gasteiger charge is -2.78. The van der Waals surface area contributed by atoms with Gasteiger partial charge in [0.25, 0.3) is 0 Å². The summed E-state index contributed by atoms with van der Waals surface area (Å²) in [6, 6.07) is 0. The number of carbonyl (C=O) groups is 3. The fraction of sp³-hybridized carbons (Fsp3) is 0.820. The normalized spacial score (nSPS) is 56.6. The molecule has 0 aromatic heterocycles. The van der Waals surface area contributed by atoms with Crippen LogP contribution in [0.4, 0.5) is 0 Å². The lowest BCUT2D eigenvalue weighted by molar-refractivity contribution is -0.527. The van der Waals surface area contributed by atoms with Crippen molar-refractivity contribution in [2.75, 3.05) is 6.61 Å². The summed E-state index contributed by atoms with van der Waals surface area (Å²) in [6.07, 6.45) is -1.48. The number of aliphatic hydroxyl groups excluding tert-OH is 3. The van der Waals surface area contributed by atoms with E-state index in [2.05, 4.69) is 40.9 Å². The Labute approximate surface area is 364 Å². The van der Waals surface area contributed by atoms with Gasteiger partial charge in [-0.05, 0) is 132 Å². The average molecular weight is 859 g/mol. The van der Waals surface area contributed by atoms with Crippen LogP contribution >= 0.6 is 0 Å². The Morgan fingerprint density at radius 1 is 0.774 bits per heavy atom. The van der Waals surface area contributed by atoms with Gasteiger partial charge in [0.2, 0.25) is 11.6 Å². The lowest BCUT2D eigenvalue weighted by atomic mass is 9.32. The van der Waals surface area contributed by atoms with Crippen LogP contribution in [0.2, 0.25) is 0 Å². The molecule has 62 heavy (non-hydrogen) atoms. The van der Waals surface area contributed by atoms with E-state index in [9.17, 15) is 15.3 Å². The molecule has 8 bridgehead atoms. The Morgan fingerprint density at radius 3 is 2.11 bits per heavy atom. The third kappa shape index (κ3) is 3.81. The highest BCUT2D eigenvalue weighted by atomic mass is 16.8. The van der Waals surface area contributed by atoms with E-state index in [1.54, 1.807) is 0 Å². The minimum Gasteiger partial charge on any atom is -0.483 e. The van der Waals surface area contributed by atoms with E-state index in [1.165, 1.54) is 0 Å². The predicted octanol–water partition coefficient (Wildman–Crippen LogP) is 5.64.